The van der Waals surface area contributed by atoms with E-state index in [9.17, 15) is 4.79 Å². The quantitative estimate of drug-likeness (QED) is 0.215. The molecule has 7 nitrogen and oxygen atoms in total. The molecule has 0 bridgehead atoms. The summed E-state index contributed by atoms with van der Waals surface area (Å²) in [7, 11) is 0. The summed E-state index contributed by atoms with van der Waals surface area (Å²) in [6, 6.07) is 4.72. The van der Waals surface area contributed by atoms with Crippen molar-refractivity contribution in [3.63, 3.8) is 0 Å². The molecule has 1 unspecified atom stereocenters. The van der Waals surface area contributed by atoms with Gasteiger partial charge in [0.25, 0.3) is 0 Å². The summed E-state index contributed by atoms with van der Waals surface area (Å²) in [6.45, 7) is 11.8. The fourth-order valence-corrected chi connectivity index (χ4v) is 4.85. The zero-order valence-corrected chi connectivity index (χ0v) is 21.3. The highest BCUT2D eigenvalue weighted by Gasteiger charge is 2.24. The summed E-state index contributed by atoms with van der Waals surface area (Å²) < 4.78 is 5.54. The standard InChI is InChI=1S/C21H35N5O2S.HI/c1-3-22-21(23-9-5-11-26-10-4-6-20(26)27)24-16-18(19-8-7-17(2)29-19)25-12-14-28-15-13-25;/h7-8,18H,3-6,9-16H2,1-2H3,(H2,22,23,24);1H. The van der Waals surface area contributed by atoms with Crippen molar-refractivity contribution in [3.8, 4) is 0 Å². The molecule has 2 saturated heterocycles. The Hall–Kier alpha value is -0.910. The molecule has 1 amide bonds. The van der Waals surface area contributed by atoms with Crippen molar-refractivity contribution >= 4 is 47.2 Å². The Bertz CT molecular complexity index is 678. The van der Waals surface area contributed by atoms with Crippen molar-refractivity contribution in [2.45, 2.75) is 39.2 Å². The maximum atomic E-state index is 11.7. The first-order valence-electron chi connectivity index (χ1n) is 10.9. The second-order valence-corrected chi connectivity index (χ2v) is 8.92. The smallest absolute Gasteiger partial charge is 0.222 e. The second-order valence-electron chi connectivity index (χ2n) is 7.60. The number of halogens is 1. The van der Waals surface area contributed by atoms with Gasteiger partial charge >= 0.3 is 0 Å². The van der Waals surface area contributed by atoms with Crippen molar-refractivity contribution in [1.82, 2.24) is 20.4 Å². The van der Waals surface area contributed by atoms with Gasteiger partial charge < -0.3 is 20.3 Å². The number of thiophene rings is 1. The zero-order valence-electron chi connectivity index (χ0n) is 18.2. The molecule has 3 heterocycles. The number of carbonyl (C=O) groups excluding carboxylic acids is 1. The highest BCUT2D eigenvalue weighted by atomic mass is 127. The number of rotatable bonds is 9. The molecule has 1 aromatic heterocycles. The predicted octanol–water partition coefficient (Wildman–Crippen LogP) is 2.62. The lowest BCUT2D eigenvalue weighted by molar-refractivity contribution is -0.127. The molecule has 0 aliphatic carbocycles. The van der Waals surface area contributed by atoms with E-state index in [1.54, 1.807) is 0 Å². The number of carbonyl (C=O) groups is 1. The van der Waals surface area contributed by atoms with E-state index in [0.717, 1.165) is 77.8 Å². The van der Waals surface area contributed by atoms with E-state index in [1.807, 2.05) is 16.2 Å². The average molecular weight is 550 g/mol. The number of aliphatic imine (C=N–C) groups is 1. The van der Waals surface area contributed by atoms with E-state index in [4.69, 9.17) is 9.73 Å². The minimum absolute atomic E-state index is 0. The van der Waals surface area contributed by atoms with Crippen LogP contribution >= 0.6 is 35.3 Å². The summed E-state index contributed by atoms with van der Waals surface area (Å²) >= 11 is 1.86. The van der Waals surface area contributed by atoms with Crippen LogP contribution in [0.25, 0.3) is 0 Å². The van der Waals surface area contributed by atoms with Crippen LogP contribution in [0.1, 0.15) is 42.0 Å². The van der Waals surface area contributed by atoms with Crippen LogP contribution in [0.2, 0.25) is 0 Å². The summed E-state index contributed by atoms with van der Waals surface area (Å²) in [6.07, 6.45) is 2.65. The Labute approximate surface area is 201 Å². The number of likely N-dealkylation sites (tertiary alicyclic amines) is 1. The molecule has 2 aliphatic rings. The molecule has 2 N–H and O–H groups in total. The SMILES string of the molecule is CCNC(=NCC(c1ccc(C)s1)N1CCOCC1)NCCCN1CCCC1=O.I. The van der Waals surface area contributed by atoms with Gasteiger partial charge in [-0.2, -0.15) is 0 Å². The van der Waals surface area contributed by atoms with Crippen molar-refractivity contribution in [1.29, 1.82) is 0 Å². The van der Waals surface area contributed by atoms with Gasteiger partial charge in [0, 0.05) is 55.4 Å². The maximum Gasteiger partial charge on any atom is 0.222 e. The Morgan fingerprint density at radius 3 is 2.70 bits per heavy atom. The van der Waals surface area contributed by atoms with E-state index in [2.05, 4.69) is 41.5 Å². The molecule has 30 heavy (non-hydrogen) atoms. The minimum Gasteiger partial charge on any atom is -0.379 e. The first-order chi connectivity index (χ1) is 14.2. The van der Waals surface area contributed by atoms with Crippen molar-refractivity contribution in [3.05, 3.63) is 21.9 Å². The van der Waals surface area contributed by atoms with Crippen LogP contribution in [-0.2, 0) is 9.53 Å². The van der Waals surface area contributed by atoms with E-state index < -0.39 is 0 Å². The normalized spacial score (nSPS) is 18.9. The Morgan fingerprint density at radius 1 is 1.27 bits per heavy atom. The van der Waals surface area contributed by atoms with Crippen LogP contribution in [0.3, 0.4) is 0 Å². The molecule has 0 saturated carbocycles. The predicted molar refractivity (Wildman–Crippen MR) is 134 cm³/mol. The molecule has 9 heteroatoms. The van der Waals surface area contributed by atoms with Gasteiger partial charge in [0.15, 0.2) is 5.96 Å². The zero-order chi connectivity index (χ0) is 20.5. The van der Waals surface area contributed by atoms with Gasteiger partial charge in [-0.25, -0.2) is 0 Å². The van der Waals surface area contributed by atoms with Crippen molar-refractivity contribution < 1.29 is 9.53 Å². The Morgan fingerprint density at radius 2 is 2.07 bits per heavy atom. The van der Waals surface area contributed by atoms with Gasteiger partial charge in [0.2, 0.25) is 5.91 Å². The number of guanidine groups is 1. The van der Waals surface area contributed by atoms with Gasteiger partial charge in [-0.3, -0.25) is 14.7 Å². The number of morpholine rings is 1. The molecular weight excluding hydrogens is 513 g/mol. The molecule has 2 fully saturated rings. The van der Waals surface area contributed by atoms with E-state index in [-0.39, 0.29) is 30.0 Å². The fraction of sp³-hybridized carbons (Fsp3) is 0.714. The first kappa shape index (κ1) is 25.4. The number of hydrogen-bond acceptors (Lipinski definition) is 5. The number of ether oxygens (including phenoxy) is 1. The van der Waals surface area contributed by atoms with Crippen LogP contribution in [0.4, 0.5) is 0 Å². The Kier molecular flexibility index (Phi) is 11.4. The van der Waals surface area contributed by atoms with Crippen molar-refractivity contribution in [2.75, 3.05) is 59.0 Å². The molecule has 0 spiro atoms. The number of nitrogens with zero attached hydrogens (tertiary/aromatic N) is 3. The van der Waals surface area contributed by atoms with Gasteiger partial charge in [-0.15, -0.1) is 35.3 Å². The highest BCUT2D eigenvalue weighted by molar-refractivity contribution is 14.0. The van der Waals surface area contributed by atoms with E-state index in [0.29, 0.717) is 12.3 Å². The van der Waals surface area contributed by atoms with E-state index >= 15 is 0 Å². The number of nitrogens with one attached hydrogen (secondary N) is 2. The third kappa shape index (κ3) is 7.65. The maximum absolute atomic E-state index is 11.7. The monoisotopic (exact) mass is 549 g/mol. The lowest BCUT2D eigenvalue weighted by Gasteiger charge is -2.33. The average Bonchev–Trinajstić information content (AvgIpc) is 3.34. The van der Waals surface area contributed by atoms with Crippen LogP contribution in [-0.4, -0.2) is 80.7 Å². The number of aryl methyl sites for hydroxylation is 1. The van der Waals surface area contributed by atoms with Crippen LogP contribution in [0.15, 0.2) is 17.1 Å². The van der Waals surface area contributed by atoms with Crippen LogP contribution < -0.4 is 10.6 Å². The summed E-state index contributed by atoms with van der Waals surface area (Å²) in [4.78, 5) is 23.8. The molecular formula is C21H36IN5O2S. The minimum atomic E-state index is 0. The molecule has 0 radical (unpaired) electrons. The van der Waals surface area contributed by atoms with Gasteiger partial charge in [-0.1, -0.05) is 0 Å². The summed E-state index contributed by atoms with van der Waals surface area (Å²) in [5.41, 5.74) is 0. The van der Waals surface area contributed by atoms with E-state index in [1.165, 1.54) is 9.75 Å². The number of hydrogen-bond donors (Lipinski definition) is 2. The molecule has 0 aromatic carbocycles. The highest BCUT2D eigenvalue weighted by Crippen LogP contribution is 2.28. The Balaban J connectivity index is 0.00000320. The molecule has 1 aromatic rings. The third-order valence-electron chi connectivity index (χ3n) is 5.41. The van der Waals surface area contributed by atoms with Gasteiger partial charge in [0.1, 0.15) is 0 Å². The molecule has 2 aliphatic heterocycles. The second kappa shape index (κ2) is 13.5. The summed E-state index contributed by atoms with van der Waals surface area (Å²) in [5, 5.41) is 6.79. The molecule has 3 rings (SSSR count). The topological polar surface area (TPSA) is 69.2 Å². The molecule has 1 atom stereocenters. The summed E-state index contributed by atoms with van der Waals surface area (Å²) in [5.74, 6) is 1.15. The lowest BCUT2D eigenvalue weighted by Crippen LogP contribution is -2.42. The largest absolute Gasteiger partial charge is 0.379 e. The van der Waals surface area contributed by atoms with Gasteiger partial charge in [0.05, 0.1) is 25.8 Å². The lowest BCUT2D eigenvalue weighted by atomic mass is 10.2. The van der Waals surface area contributed by atoms with Crippen molar-refractivity contribution in [2.24, 2.45) is 4.99 Å². The molecule has 170 valence electrons. The third-order valence-corrected chi connectivity index (χ3v) is 6.51. The fourth-order valence-electron chi connectivity index (χ4n) is 3.84. The first-order valence-corrected chi connectivity index (χ1v) is 11.7. The number of amides is 1. The van der Waals surface area contributed by atoms with Gasteiger partial charge in [-0.05, 0) is 38.8 Å². The van der Waals surface area contributed by atoms with Crippen LogP contribution in [0, 0.1) is 6.92 Å². The van der Waals surface area contributed by atoms with Crippen LogP contribution in [0.5, 0.6) is 0 Å².